The molecule has 2 amide bonds. The molecule has 2 atom stereocenters. The van der Waals surface area contributed by atoms with E-state index in [1.807, 2.05) is 0 Å². The summed E-state index contributed by atoms with van der Waals surface area (Å²) in [6.07, 6.45) is 12.1. The van der Waals surface area contributed by atoms with Gasteiger partial charge < -0.3 is 48.6 Å². The third kappa shape index (κ3) is 6.38. The fourth-order valence-electron chi connectivity index (χ4n) is 5.09. The number of hydrogen-bond acceptors (Lipinski definition) is 14. The molecule has 248 valence electrons. The van der Waals surface area contributed by atoms with E-state index in [9.17, 15) is 9.59 Å². The molecule has 18 nitrogen and oxygen atoms in total. The molecule has 6 aromatic rings. The quantitative estimate of drug-likeness (QED) is 0.171. The van der Waals surface area contributed by atoms with Gasteiger partial charge in [-0.15, -0.1) is 0 Å². The van der Waals surface area contributed by atoms with Crippen molar-refractivity contribution in [2.75, 3.05) is 13.1 Å². The molecule has 0 aliphatic carbocycles. The minimum absolute atomic E-state index is 0.0187. The van der Waals surface area contributed by atoms with E-state index in [4.69, 9.17) is 26.5 Å². The van der Waals surface area contributed by atoms with Gasteiger partial charge in [0, 0.05) is 0 Å². The topological polar surface area (TPSA) is 270 Å². The lowest BCUT2D eigenvalue weighted by Crippen LogP contribution is -2.50. The van der Waals surface area contributed by atoms with Crippen LogP contribution in [0.15, 0.2) is 64.1 Å². The summed E-state index contributed by atoms with van der Waals surface area (Å²) in [7, 11) is 0. The zero-order chi connectivity index (χ0) is 33.0. The maximum absolute atomic E-state index is 13.3. The molecular formula is C30H32N10O8+2. The van der Waals surface area contributed by atoms with Gasteiger partial charge in [-0.3, -0.25) is 9.59 Å². The largest absolute Gasteiger partial charge is 0.446 e. The highest BCUT2D eigenvalue weighted by molar-refractivity contribution is 5.93. The number of oxazole rings is 6. The van der Waals surface area contributed by atoms with Gasteiger partial charge in [0.1, 0.15) is 49.7 Å². The zero-order valence-electron chi connectivity index (χ0n) is 25.6. The molecule has 0 radical (unpaired) electrons. The van der Waals surface area contributed by atoms with Crippen molar-refractivity contribution in [3.63, 3.8) is 0 Å². The third-order valence-electron chi connectivity index (χ3n) is 7.59. The molecule has 7 rings (SSSR count). The first-order valence-electron chi connectivity index (χ1n) is 15.4. The number of unbranched alkanes of at least 4 members (excludes halogenated alkanes) is 2. The molecule has 0 fully saturated rings. The summed E-state index contributed by atoms with van der Waals surface area (Å²) in [5, 5.41) is 5.85. The molecule has 48 heavy (non-hydrogen) atoms. The first kappa shape index (κ1) is 30.8. The van der Waals surface area contributed by atoms with Gasteiger partial charge in [0.25, 0.3) is 11.8 Å². The van der Waals surface area contributed by atoms with Crippen LogP contribution in [-0.4, -0.2) is 54.8 Å². The summed E-state index contributed by atoms with van der Waals surface area (Å²) >= 11 is 0. The number of nitrogens with zero attached hydrogens (tertiary/aromatic N) is 6. The van der Waals surface area contributed by atoms with E-state index in [1.54, 1.807) is 0 Å². The molecule has 12 bridgehead atoms. The van der Waals surface area contributed by atoms with Gasteiger partial charge in [0.2, 0.25) is 35.3 Å². The zero-order valence-corrected chi connectivity index (χ0v) is 25.6. The van der Waals surface area contributed by atoms with Crippen LogP contribution in [-0.2, 0) is 0 Å². The van der Waals surface area contributed by atoms with E-state index >= 15 is 0 Å². The van der Waals surface area contributed by atoms with Crippen LogP contribution >= 0.6 is 0 Å². The van der Waals surface area contributed by atoms with Crippen LogP contribution < -0.4 is 22.1 Å². The first-order valence-corrected chi connectivity index (χ1v) is 15.4. The van der Waals surface area contributed by atoms with Crippen LogP contribution in [0.2, 0.25) is 0 Å². The number of nitrogens with one attached hydrogen (secondary N) is 2. The number of carbonyl (C=O) groups excluding carboxylic acids is 2. The fourth-order valence-corrected chi connectivity index (χ4v) is 5.09. The number of amides is 2. The van der Waals surface area contributed by atoms with E-state index < -0.39 is 23.9 Å². The molecule has 1 aliphatic rings. The maximum atomic E-state index is 13.3. The number of quaternary nitrogens is 2. The summed E-state index contributed by atoms with van der Waals surface area (Å²) in [5.74, 6) is -0.153. The smallest absolute Gasteiger partial charge is 0.273 e. The Labute approximate surface area is 270 Å². The molecule has 0 saturated carbocycles. The first-order chi connectivity index (χ1) is 23.5. The lowest BCUT2D eigenvalue weighted by atomic mass is 10.1. The molecule has 18 heteroatoms. The minimum Gasteiger partial charge on any atom is -0.446 e. The second kappa shape index (κ2) is 13.5. The van der Waals surface area contributed by atoms with Crippen molar-refractivity contribution in [2.45, 2.75) is 50.6 Å². The third-order valence-corrected chi connectivity index (χ3v) is 7.59. The fraction of sp³-hybridized carbons (Fsp3) is 0.333. The summed E-state index contributed by atoms with van der Waals surface area (Å²) in [6, 6.07) is -1.21. The van der Waals surface area contributed by atoms with Crippen LogP contribution in [0.1, 0.15) is 83.4 Å². The Balaban J connectivity index is 1.25. The second-order valence-corrected chi connectivity index (χ2v) is 11.0. The van der Waals surface area contributed by atoms with Crippen molar-refractivity contribution in [1.29, 1.82) is 0 Å². The van der Waals surface area contributed by atoms with Gasteiger partial charge >= 0.3 is 0 Å². The van der Waals surface area contributed by atoms with Crippen molar-refractivity contribution >= 4 is 11.8 Å². The molecule has 0 spiro atoms. The predicted molar refractivity (Wildman–Crippen MR) is 159 cm³/mol. The van der Waals surface area contributed by atoms with Crippen LogP contribution in [0.4, 0.5) is 0 Å². The van der Waals surface area contributed by atoms with Crippen LogP contribution in [0.25, 0.3) is 46.3 Å². The van der Waals surface area contributed by atoms with Gasteiger partial charge in [-0.05, 0) is 38.5 Å². The Morgan fingerprint density at radius 3 is 1.21 bits per heavy atom. The Hall–Kier alpha value is -5.88. The number of aromatic nitrogens is 6. The molecule has 7 heterocycles. The average molecular weight is 661 g/mol. The second-order valence-electron chi connectivity index (χ2n) is 11.0. The molecule has 8 N–H and O–H groups in total. The van der Waals surface area contributed by atoms with Gasteiger partial charge in [-0.1, -0.05) is 0 Å². The summed E-state index contributed by atoms with van der Waals surface area (Å²) < 4.78 is 33.9. The van der Waals surface area contributed by atoms with Gasteiger partial charge in [0.05, 0.1) is 13.1 Å². The summed E-state index contributed by atoms with van der Waals surface area (Å²) in [4.78, 5) is 53.2. The Kier molecular flexibility index (Phi) is 8.63. The number of hydrogen-bond donors (Lipinski definition) is 4. The van der Waals surface area contributed by atoms with E-state index in [0.717, 1.165) is 38.8 Å². The predicted octanol–water partition coefficient (Wildman–Crippen LogP) is 2.36. The normalized spacial score (nSPS) is 16.4. The monoisotopic (exact) mass is 660 g/mol. The lowest BCUT2D eigenvalue weighted by Gasteiger charge is -2.14. The minimum atomic E-state index is -0.604. The SMILES string of the molecule is [NH3+]CCCCC1NC(=O)c2coc(n2)-c2coc(n2)-c2coc(n2)C(CCCC[NH3+])NC(=O)c2coc(n2)-c2coc(n2)-c2coc1n2. The lowest BCUT2D eigenvalue weighted by molar-refractivity contribution is -0.369. The van der Waals surface area contributed by atoms with Crippen molar-refractivity contribution < 1.29 is 47.6 Å². The molecule has 1 aliphatic heterocycles. The van der Waals surface area contributed by atoms with Gasteiger partial charge in [-0.25, -0.2) is 29.9 Å². The Morgan fingerprint density at radius 2 is 0.812 bits per heavy atom. The van der Waals surface area contributed by atoms with E-state index in [1.165, 1.54) is 37.6 Å². The van der Waals surface area contributed by atoms with Crippen LogP contribution in [0, 0.1) is 0 Å². The Bertz CT molecular complexity index is 1870. The molecule has 2 unspecified atom stereocenters. The Morgan fingerprint density at radius 1 is 0.479 bits per heavy atom. The molecule has 0 aromatic carbocycles. The molecule has 6 aromatic heterocycles. The van der Waals surface area contributed by atoms with Crippen molar-refractivity contribution in [3.8, 4) is 46.3 Å². The highest BCUT2D eigenvalue weighted by Crippen LogP contribution is 2.29. The number of rotatable bonds is 8. The number of carbonyl (C=O) groups is 2. The highest BCUT2D eigenvalue weighted by Gasteiger charge is 2.27. The van der Waals surface area contributed by atoms with Crippen LogP contribution in [0.3, 0.4) is 0 Å². The summed E-state index contributed by atoms with van der Waals surface area (Å²) in [5.41, 5.74) is 8.86. The van der Waals surface area contributed by atoms with Crippen LogP contribution in [0.5, 0.6) is 0 Å². The average Bonchev–Trinajstić information content (AvgIpc) is 3.94. The van der Waals surface area contributed by atoms with Gasteiger partial charge in [0.15, 0.2) is 34.2 Å². The standard InChI is InChI=1S/C30H30N10O8/c31-7-3-1-5-15-25-37-21(11-45-25)29-39-20(13-47-29)28-36-18(10-44-28)24(42)34-16(6-2-4-8-32)26-38-22(12-46-26)30-40-19(14-48-30)27-35-17(9-43-27)23(41)33-15/h9-16H,1-8,31-32H2,(H,33,41)(H,34,42)/p+2. The van der Waals surface area contributed by atoms with Crippen molar-refractivity contribution in [2.24, 2.45) is 0 Å². The van der Waals surface area contributed by atoms with E-state index in [2.05, 4.69) is 52.0 Å². The highest BCUT2D eigenvalue weighted by atomic mass is 16.4. The van der Waals surface area contributed by atoms with Gasteiger partial charge in [-0.2, -0.15) is 0 Å². The van der Waals surface area contributed by atoms with E-state index in [-0.39, 0.29) is 69.5 Å². The summed E-state index contributed by atoms with van der Waals surface area (Å²) in [6.45, 7) is 1.47. The maximum Gasteiger partial charge on any atom is 0.273 e. The van der Waals surface area contributed by atoms with E-state index in [0.29, 0.717) is 12.8 Å². The molecular weight excluding hydrogens is 628 g/mol. The molecule has 0 saturated heterocycles. The number of fused-ring (bicyclic) bond motifs is 16. The van der Waals surface area contributed by atoms with Crippen molar-refractivity contribution in [3.05, 3.63) is 60.7 Å². The van der Waals surface area contributed by atoms with Crippen molar-refractivity contribution in [1.82, 2.24) is 40.5 Å².